The minimum atomic E-state index is -3.70. The number of hydrogen-bond donors (Lipinski definition) is 1. The van der Waals surface area contributed by atoms with Crippen LogP contribution in [-0.4, -0.2) is 38.8 Å². The number of hydrogen-bond acceptors (Lipinski definition) is 6. The quantitative estimate of drug-likeness (QED) is 0.598. The molecule has 2 aromatic carbocycles. The minimum absolute atomic E-state index is 0.0258. The molecule has 0 bridgehead atoms. The molecule has 1 aromatic heterocycles. The number of rotatable bonds is 7. The summed E-state index contributed by atoms with van der Waals surface area (Å²) in [5.74, 6) is -0.0187. The van der Waals surface area contributed by atoms with Crippen molar-refractivity contribution in [3.8, 4) is 5.75 Å². The fourth-order valence-electron chi connectivity index (χ4n) is 3.10. The Morgan fingerprint density at radius 1 is 1.23 bits per heavy atom. The van der Waals surface area contributed by atoms with Crippen molar-refractivity contribution >= 4 is 48.9 Å². The van der Waals surface area contributed by atoms with Crippen molar-refractivity contribution in [2.75, 3.05) is 29.5 Å². The van der Waals surface area contributed by atoms with Crippen molar-refractivity contribution in [3.63, 3.8) is 0 Å². The molecule has 160 valence electrons. The van der Waals surface area contributed by atoms with E-state index in [2.05, 4.69) is 5.32 Å². The molecule has 0 aliphatic carbocycles. The molecule has 1 amide bonds. The highest BCUT2D eigenvalue weighted by molar-refractivity contribution is 7.92. The number of benzene rings is 2. The van der Waals surface area contributed by atoms with Crippen LogP contribution in [0.15, 0.2) is 47.3 Å². The van der Waals surface area contributed by atoms with Crippen molar-refractivity contribution < 1.29 is 17.9 Å². The molecule has 1 N–H and O–H groups in total. The summed E-state index contributed by atoms with van der Waals surface area (Å²) in [6, 6.07) is 11.7. The first-order valence-corrected chi connectivity index (χ1v) is 11.8. The molecule has 3 aromatic rings. The molecule has 3 rings (SSSR count). The maximum Gasteiger partial charge on any atom is 0.308 e. The van der Waals surface area contributed by atoms with Crippen LogP contribution in [0.2, 0.25) is 0 Å². The van der Waals surface area contributed by atoms with Crippen LogP contribution in [0.1, 0.15) is 19.9 Å². The van der Waals surface area contributed by atoms with Gasteiger partial charge in [0.25, 0.3) is 0 Å². The third kappa shape index (κ3) is 4.65. The number of amides is 1. The number of nitrogens with zero attached hydrogens (tertiary/aromatic N) is 2. The zero-order valence-corrected chi connectivity index (χ0v) is 18.7. The zero-order chi connectivity index (χ0) is 22.1. The Labute approximate surface area is 178 Å². The van der Waals surface area contributed by atoms with Crippen molar-refractivity contribution in [1.82, 2.24) is 4.57 Å². The molecular weight excluding hydrogens is 426 g/mol. The highest BCUT2D eigenvalue weighted by atomic mass is 32.2. The van der Waals surface area contributed by atoms with Gasteiger partial charge in [0, 0.05) is 17.8 Å². The summed E-state index contributed by atoms with van der Waals surface area (Å²) >= 11 is 1.10. The highest BCUT2D eigenvalue weighted by Gasteiger charge is 2.21. The molecule has 0 aliphatic heterocycles. The number of aromatic nitrogens is 1. The van der Waals surface area contributed by atoms with Gasteiger partial charge < -0.3 is 10.1 Å². The molecule has 0 saturated heterocycles. The number of fused-ring (bicyclic) bond motifs is 1. The molecule has 0 atom stereocenters. The van der Waals surface area contributed by atoms with Gasteiger partial charge in [0.1, 0.15) is 12.3 Å². The molecule has 10 heteroatoms. The number of sulfonamides is 1. The number of carbonyl (C=O) groups excluding carboxylic acids is 1. The normalized spacial score (nSPS) is 11.6. The van der Waals surface area contributed by atoms with E-state index in [1.807, 2.05) is 13.8 Å². The van der Waals surface area contributed by atoms with Crippen LogP contribution in [0.5, 0.6) is 5.75 Å². The largest absolute Gasteiger partial charge is 0.497 e. The minimum Gasteiger partial charge on any atom is -0.497 e. The predicted octanol–water partition coefficient (Wildman–Crippen LogP) is 3.06. The molecule has 0 aliphatic rings. The summed E-state index contributed by atoms with van der Waals surface area (Å²) in [6.45, 7) is 3.47. The van der Waals surface area contributed by atoms with Crippen molar-refractivity contribution in [2.24, 2.45) is 0 Å². The molecule has 1 heterocycles. The third-order valence-corrected chi connectivity index (χ3v) is 6.50. The van der Waals surface area contributed by atoms with Gasteiger partial charge in [-0.2, -0.15) is 0 Å². The van der Waals surface area contributed by atoms with Gasteiger partial charge in [0.15, 0.2) is 0 Å². The van der Waals surface area contributed by atoms with E-state index in [1.54, 1.807) is 47.0 Å². The number of methoxy groups -OCH3 is 1. The van der Waals surface area contributed by atoms with Crippen LogP contribution in [0.25, 0.3) is 10.2 Å². The summed E-state index contributed by atoms with van der Waals surface area (Å²) in [7, 11) is -2.22. The van der Waals surface area contributed by atoms with Crippen LogP contribution in [0, 0.1) is 0 Å². The molecule has 0 unspecified atom stereocenters. The van der Waals surface area contributed by atoms with Gasteiger partial charge in [0.05, 0.1) is 29.3 Å². The molecule has 30 heavy (non-hydrogen) atoms. The van der Waals surface area contributed by atoms with E-state index in [1.165, 1.54) is 7.11 Å². The first kappa shape index (κ1) is 21.8. The maximum atomic E-state index is 12.6. The number of carbonyl (C=O) groups is 1. The molecule has 0 radical (unpaired) electrons. The lowest BCUT2D eigenvalue weighted by molar-refractivity contribution is -0.114. The summed E-state index contributed by atoms with van der Waals surface area (Å²) in [5.41, 5.74) is 1.62. The topological polar surface area (TPSA) is 97.7 Å². The second-order valence-corrected chi connectivity index (χ2v) is 9.93. The van der Waals surface area contributed by atoms with E-state index >= 15 is 0 Å². The molecule has 0 fully saturated rings. The van der Waals surface area contributed by atoms with Crippen molar-refractivity contribution in [2.45, 2.75) is 19.9 Å². The zero-order valence-electron chi connectivity index (χ0n) is 17.1. The van der Waals surface area contributed by atoms with Crippen LogP contribution in [0.3, 0.4) is 0 Å². The molecule has 0 spiro atoms. The van der Waals surface area contributed by atoms with Crippen molar-refractivity contribution in [1.29, 1.82) is 0 Å². The lowest BCUT2D eigenvalue weighted by Gasteiger charge is -2.22. The SMILES string of the molecule is COc1cccc(N(CC(=O)Nc2ccc3c(c2)sc(=O)n3C(C)C)S(C)(=O)=O)c1. The summed E-state index contributed by atoms with van der Waals surface area (Å²) in [5, 5.41) is 2.71. The van der Waals surface area contributed by atoms with Gasteiger partial charge in [0.2, 0.25) is 15.9 Å². The second-order valence-electron chi connectivity index (χ2n) is 7.03. The number of ether oxygens (including phenoxy) is 1. The fourth-order valence-corrected chi connectivity index (χ4v) is 5.00. The van der Waals surface area contributed by atoms with E-state index in [4.69, 9.17) is 4.74 Å². The van der Waals surface area contributed by atoms with Gasteiger partial charge >= 0.3 is 4.87 Å². The van der Waals surface area contributed by atoms with Gasteiger partial charge in [-0.25, -0.2) is 8.42 Å². The Hall–Kier alpha value is -2.85. The van der Waals surface area contributed by atoms with Gasteiger partial charge in [-0.15, -0.1) is 0 Å². The van der Waals surface area contributed by atoms with Crippen LogP contribution in [0.4, 0.5) is 11.4 Å². The Kier molecular flexibility index (Phi) is 6.18. The van der Waals surface area contributed by atoms with Gasteiger partial charge in [-0.1, -0.05) is 17.4 Å². The highest BCUT2D eigenvalue weighted by Crippen LogP contribution is 2.25. The standard InChI is InChI=1S/C20H23N3O5S2/c1-13(2)23-17-9-8-14(10-18(17)29-20(23)25)21-19(24)12-22(30(4,26)27)15-6-5-7-16(11-15)28-3/h5-11,13H,12H2,1-4H3,(H,21,24). The number of thiazole rings is 1. The Morgan fingerprint density at radius 3 is 2.60 bits per heavy atom. The summed E-state index contributed by atoms with van der Waals surface area (Å²) < 4.78 is 33.1. The Bertz CT molecular complexity index is 1240. The summed E-state index contributed by atoms with van der Waals surface area (Å²) in [6.07, 6.45) is 1.04. The summed E-state index contributed by atoms with van der Waals surface area (Å²) in [4.78, 5) is 24.7. The lowest BCUT2D eigenvalue weighted by Crippen LogP contribution is -2.37. The fraction of sp³-hybridized carbons (Fsp3) is 0.300. The number of nitrogens with one attached hydrogen (secondary N) is 1. The van der Waals surface area contributed by atoms with E-state index in [9.17, 15) is 18.0 Å². The lowest BCUT2D eigenvalue weighted by atomic mass is 10.2. The molecule has 8 nitrogen and oxygen atoms in total. The average Bonchev–Trinajstić information content (AvgIpc) is 3.00. The second kappa shape index (κ2) is 8.49. The maximum absolute atomic E-state index is 12.6. The third-order valence-electron chi connectivity index (χ3n) is 4.44. The Balaban J connectivity index is 1.84. The average molecular weight is 450 g/mol. The van der Waals surface area contributed by atoms with Gasteiger partial charge in [-0.3, -0.25) is 18.5 Å². The van der Waals surface area contributed by atoms with E-state index in [-0.39, 0.29) is 10.9 Å². The smallest absolute Gasteiger partial charge is 0.308 e. The predicted molar refractivity (Wildman–Crippen MR) is 120 cm³/mol. The molecule has 0 saturated carbocycles. The van der Waals surface area contributed by atoms with Crippen LogP contribution >= 0.6 is 11.3 Å². The van der Waals surface area contributed by atoms with E-state index in [0.29, 0.717) is 17.1 Å². The van der Waals surface area contributed by atoms with E-state index < -0.39 is 22.5 Å². The van der Waals surface area contributed by atoms with Crippen LogP contribution in [-0.2, 0) is 14.8 Å². The van der Waals surface area contributed by atoms with Crippen LogP contribution < -0.4 is 19.2 Å². The van der Waals surface area contributed by atoms with Gasteiger partial charge in [-0.05, 0) is 44.2 Å². The monoisotopic (exact) mass is 449 g/mol. The Morgan fingerprint density at radius 2 is 1.97 bits per heavy atom. The van der Waals surface area contributed by atoms with Crippen molar-refractivity contribution in [3.05, 3.63) is 52.1 Å². The molecular formula is C20H23N3O5S2. The number of anilines is 2. The first-order chi connectivity index (χ1) is 14.1. The first-order valence-electron chi connectivity index (χ1n) is 9.17. The van der Waals surface area contributed by atoms with E-state index in [0.717, 1.165) is 32.1 Å².